The van der Waals surface area contributed by atoms with Crippen LogP contribution in [0.15, 0.2) is 24.3 Å². The van der Waals surface area contributed by atoms with Gasteiger partial charge in [0.05, 0.1) is 0 Å². The van der Waals surface area contributed by atoms with Crippen molar-refractivity contribution in [1.82, 2.24) is 0 Å². The van der Waals surface area contributed by atoms with Gasteiger partial charge in [-0.05, 0) is 63.2 Å². The van der Waals surface area contributed by atoms with E-state index in [0.29, 0.717) is 30.8 Å². The van der Waals surface area contributed by atoms with Crippen LogP contribution < -0.4 is 4.74 Å². The fourth-order valence-corrected chi connectivity index (χ4v) is 10.6. The Morgan fingerprint density at radius 3 is 1.16 bits per heavy atom. The number of phenolic OH excluding ortho intramolecular Hbond substituents is 1. The van der Waals surface area contributed by atoms with Gasteiger partial charge in [0.1, 0.15) is 11.5 Å². The number of carboxylic acid groups (broad SMARTS) is 2. The summed E-state index contributed by atoms with van der Waals surface area (Å²) >= 11 is 1.30. The maximum absolute atomic E-state index is 12.9. The summed E-state index contributed by atoms with van der Waals surface area (Å²) in [5.41, 5.74) is 5.07. The molecule has 0 aromatic heterocycles. The zero-order chi connectivity index (χ0) is 52.1. The zero-order valence-electron chi connectivity index (χ0n) is 45.6. The van der Waals surface area contributed by atoms with Crippen LogP contribution in [0.5, 0.6) is 11.5 Å². The topological polar surface area (TPSA) is 149 Å². The van der Waals surface area contributed by atoms with Crippen LogP contribution in [0.3, 0.4) is 0 Å². The molecule has 0 unspecified atom stereocenters. The number of ether oxygens (including phenoxy) is 1. The molecule has 2 bridgehead atoms. The Labute approximate surface area is 430 Å². The van der Waals surface area contributed by atoms with Crippen molar-refractivity contribution >= 4 is 26.5 Å². The normalized spacial score (nSPS) is 17.1. The summed E-state index contributed by atoms with van der Waals surface area (Å²) in [6, 6.07) is 7.95. The molecule has 2 aromatic carbocycles. The zero-order valence-corrected chi connectivity index (χ0v) is 49.5. The summed E-state index contributed by atoms with van der Waals surface area (Å²) in [4.78, 5) is 34.8. The van der Waals surface area contributed by atoms with E-state index in [1.165, 1.54) is 107 Å². The first-order valence-corrected chi connectivity index (χ1v) is 29.5. The van der Waals surface area contributed by atoms with Crippen LogP contribution in [0.25, 0.3) is 0 Å². The Bertz CT molecular complexity index is 1770. The van der Waals surface area contributed by atoms with E-state index >= 15 is 0 Å². The van der Waals surface area contributed by atoms with Crippen LogP contribution in [0.2, 0.25) is 5.02 Å². The second kappa shape index (κ2) is 29.9. The fraction of sp³-hybridized carbons (Fsp3) is 0.737. The number of hydrogen-bond donors (Lipinski definition) is 3. The van der Waals surface area contributed by atoms with Gasteiger partial charge in [0.2, 0.25) is 0 Å². The summed E-state index contributed by atoms with van der Waals surface area (Å²) in [6.07, 6.45) is 21.1. The quantitative estimate of drug-likeness (QED) is 0.0305. The van der Waals surface area contributed by atoms with Crippen LogP contribution in [0.1, 0.15) is 239 Å². The molecular weight excluding hydrogens is 941 g/mol. The van der Waals surface area contributed by atoms with Gasteiger partial charge < -0.3 is 20.1 Å². The molecule has 0 amide bonds. The minimum absolute atomic E-state index is 0.0888. The summed E-state index contributed by atoms with van der Waals surface area (Å²) in [7, 11) is -0.927. The third-order valence-electron chi connectivity index (χ3n) is 13.0. The van der Waals surface area contributed by atoms with Gasteiger partial charge in [0.25, 0.3) is 0 Å². The van der Waals surface area contributed by atoms with E-state index in [2.05, 4.69) is 90.0 Å². The molecule has 3 saturated heterocycles. The molecule has 0 atom stereocenters. The number of esters is 1. The predicted molar refractivity (Wildman–Crippen MR) is 278 cm³/mol. The third kappa shape index (κ3) is 23.8. The van der Waals surface area contributed by atoms with Crippen molar-refractivity contribution in [3.8, 4) is 11.5 Å². The third-order valence-corrected chi connectivity index (χ3v) is 16.2. The van der Waals surface area contributed by atoms with E-state index in [1.54, 1.807) is 0 Å². The number of aryl methyl sites for hydroxylation is 2. The monoisotopic (exact) mass is 1030 g/mol. The molecular formula is C57H94O10PZn. The van der Waals surface area contributed by atoms with Gasteiger partial charge in [-0.25, -0.2) is 0 Å². The number of carboxylic acids is 2. The average molecular weight is 1040 g/mol. The molecule has 3 heterocycles. The summed E-state index contributed by atoms with van der Waals surface area (Å²) in [5.74, 6) is -0.764. The number of benzene rings is 2. The van der Waals surface area contributed by atoms with Gasteiger partial charge in [-0.3, -0.25) is 14.4 Å². The molecule has 3 N–H and O–H groups in total. The van der Waals surface area contributed by atoms with Crippen molar-refractivity contribution in [2.45, 2.75) is 245 Å². The standard InChI is InChI=1S/C35H60O4.C17H26O3.C5H8O3P.Zn/c1-8-9-10-11-12-13-14-15-16-17-18-19-20-21-22-23-32(38)39-33-29(34(2,3)4)26-28(24-25-31(36)37)27-30(33)35(5,6)7;1-16(2,3)12-9-11(7-8-14(18)19)10-13(15(12)20)17(4,5)6;1-5-2-6-9(7-3-5)8-4-5;/h26-27H,8-25H2,1-7H3,(H,36,37);9-10,20H,7-8H2,1-6H3,(H,18,19);1-4H2;. The Kier molecular flexibility index (Phi) is 27.2. The number of aliphatic carboxylic acids is 2. The number of carbonyl (C=O) groups excluding carboxylic acids is 1. The van der Waals surface area contributed by atoms with Crippen molar-refractivity contribution in [3.63, 3.8) is 0 Å². The van der Waals surface area contributed by atoms with Crippen LogP contribution >= 0.6 is 8.60 Å². The SMILES string of the molecule is CC(C)(C)c1cc(CCC(=O)O)cc(C(C)(C)C)c1O.CCCCCCCCCCCCCCCCCC(=O)Oc1c(C(C)(C)C)cc(CCC(=O)O)cc1C(C)(C)C.[Zn][CH2]C12COP(OC1)OC2. The first-order valence-electron chi connectivity index (χ1n) is 26.3. The predicted octanol–water partition coefficient (Wildman–Crippen LogP) is 15.7. The first-order chi connectivity index (χ1) is 32.1. The van der Waals surface area contributed by atoms with Gasteiger partial charge in [0.15, 0.2) is 0 Å². The number of carbonyl (C=O) groups is 3. The molecule has 3 aliphatic rings. The molecule has 10 nitrogen and oxygen atoms in total. The Morgan fingerprint density at radius 2 is 0.870 bits per heavy atom. The van der Waals surface area contributed by atoms with Gasteiger partial charge in [-0.1, -0.05) is 204 Å². The van der Waals surface area contributed by atoms with Crippen LogP contribution in [0.4, 0.5) is 0 Å². The molecule has 0 aliphatic carbocycles. The van der Waals surface area contributed by atoms with E-state index < -0.39 is 20.5 Å². The summed E-state index contributed by atoms with van der Waals surface area (Å²) in [5, 5.41) is 29.8. The van der Waals surface area contributed by atoms with Gasteiger partial charge in [-0.2, -0.15) is 0 Å². The minimum atomic E-state index is -0.927. The molecule has 0 spiro atoms. The van der Waals surface area contributed by atoms with Crippen LogP contribution in [-0.4, -0.2) is 53.0 Å². The molecule has 12 heteroatoms. The Hall–Kier alpha value is -2.42. The number of aromatic hydroxyl groups is 1. The average Bonchev–Trinajstić information content (AvgIpc) is 3.26. The first kappa shape index (κ1) is 62.7. The van der Waals surface area contributed by atoms with E-state index in [9.17, 15) is 19.5 Å². The fourth-order valence-electron chi connectivity index (χ4n) is 8.37. The molecule has 69 heavy (non-hydrogen) atoms. The number of rotatable bonds is 24. The van der Waals surface area contributed by atoms with Crippen molar-refractivity contribution in [1.29, 1.82) is 0 Å². The molecule has 3 fully saturated rings. The number of phenols is 1. The molecule has 389 valence electrons. The van der Waals surface area contributed by atoms with Gasteiger partial charge >= 0.3 is 88.6 Å². The summed E-state index contributed by atoms with van der Waals surface area (Å²) < 4.78 is 22.0. The maximum atomic E-state index is 12.9. The van der Waals surface area contributed by atoms with Crippen molar-refractivity contribution in [2.75, 3.05) is 19.8 Å². The summed E-state index contributed by atoms with van der Waals surface area (Å²) in [6.45, 7) is 29.8. The Morgan fingerprint density at radius 1 is 0.551 bits per heavy atom. The molecule has 5 rings (SSSR count). The second-order valence-corrected chi connectivity index (χ2v) is 26.1. The van der Waals surface area contributed by atoms with E-state index in [-0.39, 0.29) is 45.9 Å². The molecule has 2 aromatic rings. The molecule has 3 aliphatic heterocycles. The van der Waals surface area contributed by atoms with Gasteiger partial charge in [0, 0.05) is 30.4 Å². The molecule has 0 saturated carbocycles. The van der Waals surface area contributed by atoms with E-state index in [0.717, 1.165) is 66.0 Å². The van der Waals surface area contributed by atoms with E-state index in [1.807, 2.05) is 24.3 Å². The molecule has 0 radical (unpaired) electrons. The van der Waals surface area contributed by atoms with Crippen LogP contribution in [-0.2, 0) is 80.8 Å². The van der Waals surface area contributed by atoms with E-state index in [4.69, 9.17) is 28.5 Å². The Balaban J connectivity index is 0.000000442. The number of unbranched alkanes of at least 4 members (excludes halogenated alkanes) is 14. The van der Waals surface area contributed by atoms with Crippen molar-refractivity contribution in [2.24, 2.45) is 5.41 Å². The van der Waals surface area contributed by atoms with Crippen molar-refractivity contribution < 1.29 is 66.3 Å². The number of hydrogen-bond acceptors (Lipinski definition) is 8. The second-order valence-electron chi connectivity index (χ2n) is 23.8. The van der Waals surface area contributed by atoms with Crippen molar-refractivity contribution in [3.05, 3.63) is 57.6 Å². The van der Waals surface area contributed by atoms with Gasteiger partial charge in [-0.15, -0.1) is 0 Å². The number of fused-ring (bicyclic) bond motifs is 3. The van der Waals surface area contributed by atoms with Crippen LogP contribution in [0, 0.1) is 5.41 Å².